The molecule has 0 saturated heterocycles. The molecule has 1 rings (SSSR count). The highest BCUT2D eigenvalue weighted by Crippen LogP contribution is 2.31. The number of thioether (sulfide) groups is 2. The molecule has 1 aromatic carbocycles. The lowest BCUT2D eigenvalue weighted by atomic mass is 10.2. The molecule has 0 fully saturated rings. The molecule has 0 radical (unpaired) electrons. The second kappa shape index (κ2) is 8.39. The normalized spacial score (nSPS) is 12.5. The Kier molecular flexibility index (Phi) is 7.19. The number of amides is 1. The SMILES string of the molecule is CSCC[C@H](N)C(=O)Nc1ccccc1SC(F)F. The number of hydrogen-bond acceptors (Lipinski definition) is 4. The van der Waals surface area contributed by atoms with Crippen molar-refractivity contribution in [2.75, 3.05) is 17.3 Å². The largest absolute Gasteiger partial charge is 0.324 e. The van der Waals surface area contributed by atoms with E-state index in [1.54, 1.807) is 36.0 Å². The number of para-hydroxylation sites is 1. The lowest BCUT2D eigenvalue weighted by Gasteiger charge is -2.14. The third kappa shape index (κ3) is 5.80. The number of halogens is 2. The molecule has 0 unspecified atom stereocenters. The van der Waals surface area contributed by atoms with E-state index in [4.69, 9.17) is 5.73 Å². The number of anilines is 1. The number of rotatable bonds is 7. The molecular formula is C12H16F2N2OS2. The fraction of sp³-hybridized carbons (Fsp3) is 0.417. The summed E-state index contributed by atoms with van der Waals surface area (Å²) in [6.45, 7) is 0. The van der Waals surface area contributed by atoms with Gasteiger partial charge in [0.2, 0.25) is 5.91 Å². The average molecular weight is 306 g/mol. The molecule has 0 aromatic heterocycles. The number of nitrogens with one attached hydrogen (secondary N) is 1. The molecule has 19 heavy (non-hydrogen) atoms. The summed E-state index contributed by atoms with van der Waals surface area (Å²) in [5.74, 6) is -2.10. The molecular weight excluding hydrogens is 290 g/mol. The summed E-state index contributed by atoms with van der Waals surface area (Å²) < 4.78 is 24.8. The zero-order valence-electron chi connectivity index (χ0n) is 10.4. The van der Waals surface area contributed by atoms with Crippen LogP contribution in [0.5, 0.6) is 0 Å². The van der Waals surface area contributed by atoms with Crippen LogP contribution in [-0.4, -0.2) is 29.7 Å². The molecule has 7 heteroatoms. The zero-order chi connectivity index (χ0) is 14.3. The van der Waals surface area contributed by atoms with Crippen molar-refractivity contribution in [1.29, 1.82) is 0 Å². The Labute approximate surface area is 119 Å². The Balaban J connectivity index is 2.68. The van der Waals surface area contributed by atoms with Gasteiger partial charge >= 0.3 is 0 Å². The van der Waals surface area contributed by atoms with E-state index in [1.807, 2.05) is 6.26 Å². The summed E-state index contributed by atoms with van der Waals surface area (Å²) >= 11 is 2.01. The Bertz CT molecular complexity index is 418. The molecule has 1 amide bonds. The molecule has 3 N–H and O–H groups in total. The van der Waals surface area contributed by atoms with Crippen molar-refractivity contribution in [3.05, 3.63) is 24.3 Å². The zero-order valence-corrected chi connectivity index (χ0v) is 12.1. The summed E-state index contributed by atoms with van der Waals surface area (Å²) in [6, 6.07) is 5.83. The fourth-order valence-electron chi connectivity index (χ4n) is 1.37. The van der Waals surface area contributed by atoms with Crippen LogP contribution in [0, 0.1) is 0 Å². The van der Waals surface area contributed by atoms with E-state index in [0.717, 1.165) is 5.75 Å². The maximum Gasteiger partial charge on any atom is 0.288 e. The van der Waals surface area contributed by atoms with Crippen molar-refractivity contribution in [3.63, 3.8) is 0 Å². The van der Waals surface area contributed by atoms with Gasteiger partial charge in [0.25, 0.3) is 5.76 Å². The number of alkyl halides is 2. The minimum atomic E-state index is -2.52. The second-order valence-electron chi connectivity index (χ2n) is 3.75. The monoisotopic (exact) mass is 306 g/mol. The van der Waals surface area contributed by atoms with E-state index in [1.165, 1.54) is 0 Å². The van der Waals surface area contributed by atoms with E-state index in [9.17, 15) is 13.6 Å². The molecule has 0 bridgehead atoms. The van der Waals surface area contributed by atoms with Crippen molar-refractivity contribution in [3.8, 4) is 0 Å². The van der Waals surface area contributed by atoms with Crippen LogP contribution in [0.2, 0.25) is 0 Å². The quantitative estimate of drug-likeness (QED) is 0.760. The predicted molar refractivity (Wildman–Crippen MR) is 77.9 cm³/mol. The smallest absolute Gasteiger partial charge is 0.288 e. The summed E-state index contributed by atoms with van der Waals surface area (Å²) in [7, 11) is 0. The van der Waals surface area contributed by atoms with E-state index in [0.29, 0.717) is 28.8 Å². The van der Waals surface area contributed by atoms with Gasteiger partial charge in [-0.1, -0.05) is 23.9 Å². The first-order valence-electron chi connectivity index (χ1n) is 5.63. The number of nitrogens with two attached hydrogens (primary N) is 1. The summed E-state index contributed by atoms with van der Waals surface area (Å²) in [5, 5.41) is 2.60. The molecule has 3 nitrogen and oxygen atoms in total. The van der Waals surface area contributed by atoms with Crippen LogP contribution < -0.4 is 11.1 Å². The molecule has 0 aliphatic heterocycles. The topological polar surface area (TPSA) is 55.1 Å². The third-order valence-electron chi connectivity index (χ3n) is 2.33. The van der Waals surface area contributed by atoms with Gasteiger partial charge in [0.1, 0.15) is 0 Å². The number of benzene rings is 1. The van der Waals surface area contributed by atoms with Gasteiger partial charge in [-0.15, -0.1) is 0 Å². The maximum absolute atomic E-state index is 12.4. The van der Waals surface area contributed by atoms with E-state index in [-0.39, 0.29) is 5.91 Å². The third-order valence-corrected chi connectivity index (χ3v) is 3.76. The van der Waals surface area contributed by atoms with Gasteiger partial charge in [-0.2, -0.15) is 20.5 Å². The first-order valence-corrected chi connectivity index (χ1v) is 7.91. The number of carbonyl (C=O) groups excluding carboxylic acids is 1. The van der Waals surface area contributed by atoms with Crippen molar-refractivity contribution in [2.24, 2.45) is 5.73 Å². The maximum atomic E-state index is 12.4. The van der Waals surface area contributed by atoms with Gasteiger partial charge < -0.3 is 11.1 Å². The van der Waals surface area contributed by atoms with Gasteiger partial charge in [0.15, 0.2) is 0 Å². The number of carbonyl (C=O) groups is 1. The standard InChI is InChI=1S/C12H16F2N2OS2/c1-18-7-6-8(15)11(17)16-9-4-2-3-5-10(9)19-12(13)14/h2-5,8,12H,6-7,15H2,1H3,(H,16,17)/t8-/m0/s1. The van der Waals surface area contributed by atoms with E-state index < -0.39 is 11.8 Å². The highest BCUT2D eigenvalue weighted by molar-refractivity contribution is 7.99. The van der Waals surface area contributed by atoms with Gasteiger partial charge in [-0.05, 0) is 30.6 Å². The first-order chi connectivity index (χ1) is 9.04. The van der Waals surface area contributed by atoms with E-state index >= 15 is 0 Å². The Morgan fingerprint density at radius 3 is 2.74 bits per heavy atom. The van der Waals surface area contributed by atoms with Gasteiger partial charge in [0.05, 0.1) is 11.7 Å². The molecule has 0 spiro atoms. The second-order valence-corrected chi connectivity index (χ2v) is 5.77. The highest BCUT2D eigenvalue weighted by Gasteiger charge is 2.16. The molecule has 0 aliphatic carbocycles. The van der Waals surface area contributed by atoms with Crippen molar-refractivity contribution in [1.82, 2.24) is 0 Å². The summed E-state index contributed by atoms with van der Waals surface area (Å²) in [5.41, 5.74) is 6.09. The number of hydrogen-bond donors (Lipinski definition) is 2. The van der Waals surface area contributed by atoms with Gasteiger partial charge in [-0.25, -0.2) is 0 Å². The van der Waals surface area contributed by atoms with Crippen LogP contribution >= 0.6 is 23.5 Å². The van der Waals surface area contributed by atoms with Crippen LogP contribution in [0.4, 0.5) is 14.5 Å². The Morgan fingerprint density at radius 2 is 2.11 bits per heavy atom. The highest BCUT2D eigenvalue weighted by atomic mass is 32.2. The van der Waals surface area contributed by atoms with Gasteiger partial charge in [0, 0.05) is 4.90 Å². The van der Waals surface area contributed by atoms with Crippen LogP contribution in [0.3, 0.4) is 0 Å². The van der Waals surface area contributed by atoms with E-state index in [2.05, 4.69) is 5.32 Å². The fourth-order valence-corrected chi connectivity index (χ4v) is 2.45. The Morgan fingerprint density at radius 1 is 1.42 bits per heavy atom. The summed E-state index contributed by atoms with van der Waals surface area (Å²) in [4.78, 5) is 12.2. The predicted octanol–water partition coefficient (Wildman–Crippen LogP) is 3.02. The molecule has 0 aliphatic rings. The lowest BCUT2D eigenvalue weighted by Crippen LogP contribution is -2.36. The average Bonchev–Trinajstić information content (AvgIpc) is 2.37. The van der Waals surface area contributed by atoms with Crippen molar-refractivity contribution in [2.45, 2.75) is 23.1 Å². The Hall–Kier alpha value is -0.790. The van der Waals surface area contributed by atoms with Crippen molar-refractivity contribution >= 4 is 35.1 Å². The molecule has 1 atom stereocenters. The minimum absolute atomic E-state index is 0.336. The van der Waals surface area contributed by atoms with Crippen LogP contribution in [0.15, 0.2) is 29.2 Å². The van der Waals surface area contributed by atoms with Crippen LogP contribution in [-0.2, 0) is 4.79 Å². The summed E-state index contributed by atoms with van der Waals surface area (Å²) in [6.07, 6.45) is 2.48. The molecule has 0 saturated carbocycles. The van der Waals surface area contributed by atoms with Crippen molar-refractivity contribution < 1.29 is 13.6 Å². The first kappa shape index (κ1) is 16.3. The molecule has 106 valence electrons. The van der Waals surface area contributed by atoms with Crippen LogP contribution in [0.1, 0.15) is 6.42 Å². The molecule has 0 heterocycles. The van der Waals surface area contributed by atoms with Crippen LogP contribution in [0.25, 0.3) is 0 Å². The minimum Gasteiger partial charge on any atom is -0.324 e. The lowest BCUT2D eigenvalue weighted by molar-refractivity contribution is -0.117. The molecule has 1 aromatic rings. The van der Waals surface area contributed by atoms with Gasteiger partial charge in [-0.3, -0.25) is 4.79 Å².